The number of hydrogen-bond acceptors (Lipinski definition) is 0. The van der Waals surface area contributed by atoms with Crippen LogP contribution in [0.25, 0.3) is 0 Å². The molecule has 0 heterocycles. The fourth-order valence-electron chi connectivity index (χ4n) is 0. The molecule has 0 saturated heterocycles. The van der Waals surface area contributed by atoms with Crippen LogP contribution in [0.1, 0.15) is 0 Å². The van der Waals surface area contributed by atoms with Crippen LogP contribution in [0, 0.1) is 0 Å². The van der Waals surface area contributed by atoms with Crippen LogP contribution in [0.2, 0.25) is 0 Å². The monoisotopic (exact) mass is 205 g/mol. The maximum Gasteiger partial charge on any atom is 0 e. The molecule has 0 amide bonds. The second-order valence-electron chi connectivity index (χ2n) is 0. The van der Waals surface area contributed by atoms with Crippen molar-refractivity contribution in [1.82, 2.24) is 0 Å². The Balaban J connectivity index is 0. The molecular formula is BCrFeNiSi. The summed E-state index contributed by atoms with van der Waals surface area (Å²) in [5.41, 5.74) is 0. The number of rotatable bonds is 0. The van der Waals surface area contributed by atoms with Crippen LogP contribution >= 0.6 is 0 Å². The average Bonchev–Trinajstić information content (AvgIpc) is 0. The topological polar surface area (TPSA) is 0 Å². The van der Waals surface area contributed by atoms with Gasteiger partial charge in [0.15, 0.2) is 0 Å². The summed E-state index contributed by atoms with van der Waals surface area (Å²) in [5.74, 6) is 0. The van der Waals surface area contributed by atoms with Gasteiger partial charge in [0.1, 0.15) is 0 Å². The molecule has 0 rings (SSSR count). The van der Waals surface area contributed by atoms with Gasteiger partial charge in [0.05, 0.1) is 0 Å². The summed E-state index contributed by atoms with van der Waals surface area (Å²) in [6.45, 7) is 0. The van der Waals surface area contributed by atoms with E-state index in [4.69, 9.17) is 0 Å². The zero-order valence-electron chi connectivity index (χ0n) is 2.16. The summed E-state index contributed by atoms with van der Waals surface area (Å²) in [5, 5.41) is 0. The fourth-order valence-corrected chi connectivity index (χ4v) is 0. The van der Waals surface area contributed by atoms with E-state index in [1.165, 1.54) is 0 Å². The molecule has 0 aliphatic carbocycles. The molecule has 0 aromatic rings. The van der Waals surface area contributed by atoms with Gasteiger partial charge in [-0.1, -0.05) is 0 Å². The van der Waals surface area contributed by atoms with Crippen molar-refractivity contribution in [3.63, 3.8) is 0 Å². The summed E-state index contributed by atoms with van der Waals surface area (Å²) in [7, 11) is 0. The van der Waals surface area contributed by atoms with Crippen molar-refractivity contribution in [2.75, 3.05) is 0 Å². The minimum atomic E-state index is 0. The van der Waals surface area contributed by atoms with E-state index in [2.05, 4.69) is 0 Å². The molecule has 0 N–H and O–H groups in total. The third-order valence-corrected chi connectivity index (χ3v) is 0. The van der Waals surface area contributed by atoms with Crippen LogP contribution in [-0.2, 0) is 50.9 Å². The molecule has 0 unspecified atom stereocenters. The first-order valence-corrected chi connectivity index (χ1v) is 0. The molecule has 0 aromatic heterocycles. The summed E-state index contributed by atoms with van der Waals surface area (Å²) in [6.07, 6.45) is 0. The largest absolute Gasteiger partial charge is 0 e. The van der Waals surface area contributed by atoms with Crippen LogP contribution in [0.5, 0.6) is 0 Å². The van der Waals surface area contributed by atoms with Crippen molar-refractivity contribution in [2.24, 2.45) is 0 Å². The molecule has 0 nitrogen and oxygen atoms in total. The Labute approximate surface area is 70.0 Å². The Kier molecular flexibility index (Phi) is 565. The van der Waals surface area contributed by atoms with E-state index in [0.717, 1.165) is 0 Å². The van der Waals surface area contributed by atoms with Crippen molar-refractivity contribution in [3.05, 3.63) is 0 Å². The SMILES string of the molecule is [B].[Cr].[Fe].[Ni].[Si]. The summed E-state index contributed by atoms with van der Waals surface area (Å²) in [6, 6.07) is 0. The molecule has 0 fully saturated rings. The van der Waals surface area contributed by atoms with Crippen LogP contribution in [-0.4, -0.2) is 19.4 Å². The average molecular weight is 205 g/mol. The van der Waals surface area contributed by atoms with Gasteiger partial charge in [0, 0.05) is 70.3 Å². The predicted octanol–water partition coefficient (Wildman–Crippen LogP) is -0.769. The van der Waals surface area contributed by atoms with Gasteiger partial charge in [-0.05, 0) is 0 Å². The van der Waals surface area contributed by atoms with E-state index in [0.29, 0.717) is 0 Å². The zero-order valence-corrected chi connectivity index (χ0v) is 6.52. The maximum absolute atomic E-state index is 0. The first-order valence-electron chi connectivity index (χ1n) is 0. The molecule has 0 bridgehead atoms. The molecule has 5 heteroatoms. The van der Waals surface area contributed by atoms with E-state index in [-0.39, 0.29) is 70.3 Å². The molecular weight excluding hydrogens is 205 g/mol. The van der Waals surface area contributed by atoms with Crippen LogP contribution in [0.15, 0.2) is 0 Å². The first-order chi connectivity index (χ1) is 0. The summed E-state index contributed by atoms with van der Waals surface area (Å²) in [4.78, 5) is 0. The van der Waals surface area contributed by atoms with Gasteiger partial charge in [-0.2, -0.15) is 0 Å². The molecule has 31 valence electrons. The Bertz CT molecular complexity index is 11.6. The van der Waals surface area contributed by atoms with Crippen molar-refractivity contribution >= 4 is 19.4 Å². The van der Waals surface area contributed by atoms with Crippen molar-refractivity contribution < 1.29 is 50.9 Å². The molecule has 0 aliphatic heterocycles. The van der Waals surface area contributed by atoms with Gasteiger partial charge in [-0.15, -0.1) is 0 Å². The molecule has 0 aliphatic rings. The quantitative estimate of drug-likeness (QED) is 0.456. The second-order valence-corrected chi connectivity index (χ2v) is 0. The smallest absolute Gasteiger partial charge is 0 e. The first kappa shape index (κ1) is 69.4. The Morgan fingerprint density at radius 2 is 1.00 bits per heavy atom. The predicted molar refractivity (Wildman–Crippen MR) is 11.5 cm³/mol. The van der Waals surface area contributed by atoms with E-state index in [9.17, 15) is 0 Å². The molecule has 0 atom stereocenters. The molecule has 5 heavy (non-hydrogen) atoms. The van der Waals surface area contributed by atoms with E-state index in [1.807, 2.05) is 0 Å². The maximum atomic E-state index is 0. The molecule has 7 radical (unpaired) electrons. The van der Waals surface area contributed by atoms with Gasteiger partial charge in [-0.25, -0.2) is 0 Å². The number of hydrogen-bond donors (Lipinski definition) is 0. The molecule has 0 saturated carbocycles. The third kappa shape index (κ3) is 25.6. The van der Waals surface area contributed by atoms with Gasteiger partial charge in [-0.3, -0.25) is 0 Å². The third-order valence-electron chi connectivity index (χ3n) is 0. The Morgan fingerprint density at radius 3 is 1.00 bits per heavy atom. The van der Waals surface area contributed by atoms with E-state index in [1.54, 1.807) is 0 Å². The van der Waals surface area contributed by atoms with Gasteiger partial charge in [0.25, 0.3) is 0 Å². The molecule has 0 spiro atoms. The second kappa shape index (κ2) is 40.7. The minimum Gasteiger partial charge on any atom is 0 e. The van der Waals surface area contributed by atoms with E-state index < -0.39 is 0 Å². The van der Waals surface area contributed by atoms with Crippen LogP contribution < -0.4 is 0 Å². The Hall–Kier alpha value is 1.83. The summed E-state index contributed by atoms with van der Waals surface area (Å²) < 4.78 is 0. The normalized spacial score (nSPS) is 0. The van der Waals surface area contributed by atoms with Crippen molar-refractivity contribution in [3.8, 4) is 0 Å². The Morgan fingerprint density at radius 1 is 1.00 bits per heavy atom. The van der Waals surface area contributed by atoms with Crippen molar-refractivity contribution in [2.45, 2.75) is 0 Å². The zero-order chi connectivity index (χ0) is 0. The van der Waals surface area contributed by atoms with Gasteiger partial charge < -0.3 is 0 Å². The van der Waals surface area contributed by atoms with E-state index >= 15 is 0 Å². The standard InChI is InChI=1S/B.Cr.Fe.Ni.Si. The minimum absolute atomic E-state index is 0. The van der Waals surface area contributed by atoms with Crippen LogP contribution in [0.3, 0.4) is 0 Å². The van der Waals surface area contributed by atoms with Crippen molar-refractivity contribution in [1.29, 1.82) is 0 Å². The van der Waals surface area contributed by atoms with Crippen LogP contribution in [0.4, 0.5) is 0 Å². The van der Waals surface area contributed by atoms with Gasteiger partial charge in [0.2, 0.25) is 0 Å². The summed E-state index contributed by atoms with van der Waals surface area (Å²) >= 11 is 0. The molecule has 0 aromatic carbocycles. The van der Waals surface area contributed by atoms with Gasteiger partial charge >= 0.3 is 0 Å². The fraction of sp³-hybridized carbons (Fsp3) is 0.